The second-order valence-corrected chi connectivity index (χ2v) is 5.80. The van der Waals surface area contributed by atoms with Crippen LogP contribution in [0, 0.1) is 12.3 Å². The van der Waals surface area contributed by atoms with Crippen LogP contribution in [0.25, 0.3) is 0 Å². The molecule has 0 radical (unpaired) electrons. The Hall–Kier alpha value is -0.900. The third-order valence-corrected chi connectivity index (χ3v) is 2.39. The highest BCUT2D eigenvalue weighted by molar-refractivity contribution is 7.15. The summed E-state index contributed by atoms with van der Waals surface area (Å²) in [6.07, 6.45) is 2.28. The number of carbonyl (C=O) groups is 1. The van der Waals surface area contributed by atoms with Crippen molar-refractivity contribution in [2.45, 2.75) is 34.1 Å². The second kappa shape index (κ2) is 4.09. The second-order valence-electron chi connectivity index (χ2n) is 4.56. The summed E-state index contributed by atoms with van der Waals surface area (Å²) in [7, 11) is 0. The van der Waals surface area contributed by atoms with E-state index in [1.54, 1.807) is 6.20 Å². The van der Waals surface area contributed by atoms with Crippen molar-refractivity contribution < 1.29 is 4.79 Å². The van der Waals surface area contributed by atoms with Crippen LogP contribution >= 0.6 is 11.3 Å². The molecule has 0 aliphatic heterocycles. The molecule has 0 fully saturated rings. The molecule has 0 bridgehead atoms. The number of nitrogens with one attached hydrogen (secondary N) is 1. The molecule has 0 spiro atoms. The maximum Gasteiger partial charge on any atom is 0.226 e. The van der Waals surface area contributed by atoms with Gasteiger partial charge in [-0.25, -0.2) is 4.98 Å². The van der Waals surface area contributed by atoms with Crippen molar-refractivity contribution in [1.29, 1.82) is 0 Å². The first-order chi connectivity index (χ1) is 6.37. The predicted molar refractivity (Wildman–Crippen MR) is 59.6 cm³/mol. The van der Waals surface area contributed by atoms with Crippen LogP contribution in [0.4, 0.5) is 5.13 Å². The SMILES string of the molecule is Cc1cnc(NC(=O)CC(C)(C)C)s1. The summed E-state index contributed by atoms with van der Waals surface area (Å²) in [6, 6.07) is 0. The maximum absolute atomic E-state index is 11.5. The number of thiazole rings is 1. The molecule has 1 amide bonds. The van der Waals surface area contributed by atoms with Gasteiger partial charge in [-0.15, -0.1) is 11.3 Å². The van der Waals surface area contributed by atoms with Gasteiger partial charge < -0.3 is 5.32 Å². The molecule has 1 aromatic heterocycles. The minimum atomic E-state index is 0.0242. The summed E-state index contributed by atoms with van der Waals surface area (Å²) in [5.74, 6) is 0.0341. The molecule has 14 heavy (non-hydrogen) atoms. The molecular weight excluding hydrogens is 196 g/mol. The van der Waals surface area contributed by atoms with E-state index >= 15 is 0 Å². The first kappa shape index (κ1) is 11.2. The fourth-order valence-corrected chi connectivity index (χ4v) is 1.74. The van der Waals surface area contributed by atoms with E-state index in [1.165, 1.54) is 11.3 Å². The molecule has 1 rings (SSSR count). The van der Waals surface area contributed by atoms with Crippen LogP contribution in [0.15, 0.2) is 6.20 Å². The molecular formula is C10H16N2OS. The predicted octanol–water partition coefficient (Wildman–Crippen LogP) is 2.83. The largest absolute Gasteiger partial charge is 0.302 e. The average molecular weight is 212 g/mol. The Balaban J connectivity index is 2.50. The van der Waals surface area contributed by atoms with Crippen LogP contribution in [0.2, 0.25) is 0 Å². The monoisotopic (exact) mass is 212 g/mol. The summed E-state index contributed by atoms with van der Waals surface area (Å²) >= 11 is 1.50. The molecule has 0 saturated heterocycles. The molecule has 4 heteroatoms. The number of hydrogen-bond acceptors (Lipinski definition) is 3. The van der Waals surface area contributed by atoms with Crippen molar-refractivity contribution >= 4 is 22.4 Å². The lowest BCUT2D eigenvalue weighted by Gasteiger charge is -2.16. The summed E-state index contributed by atoms with van der Waals surface area (Å²) in [6.45, 7) is 8.09. The lowest BCUT2D eigenvalue weighted by molar-refractivity contribution is -0.117. The van der Waals surface area contributed by atoms with Gasteiger partial charge in [0.2, 0.25) is 5.91 Å². The Bertz CT molecular complexity index is 325. The number of amides is 1. The maximum atomic E-state index is 11.5. The van der Waals surface area contributed by atoms with E-state index in [9.17, 15) is 4.79 Å². The molecule has 78 valence electrons. The molecule has 1 heterocycles. The Morgan fingerprint density at radius 3 is 2.64 bits per heavy atom. The average Bonchev–Trinajstić information content (AvgIpc) is 2.30. The summed E-state index contributed by atoms with van der Waals surface area (Å²) in [4.78, 5) is 16.7. The third kappa shape index (κ3) is 3.87. The van der Waals surface area contributed by atoms with E-state index in [4.69, 9.17) is 0 Å². The molecule has 0 saturated carbocycles. The van der Waals surface area contributed by atoms with Gasteiger partial charge in [-0.1, -0.05) is 20.8 Å². The lowest BCUT2D eigenvalue weighted by Crippen LogP contribution is -2.19. The molecule has 0 aromatic carbocycles. The van der Waals surface area contributed by atoms with Crippen molar-refractivity contribution in [1.82, 2.24) is 4.98 Å². The molecule has 1 aromatic rings. The van der Waals surface area contributed by atoms with Gasteiger partial charge in [-0.05, 0) is 12.3 Å². The highest BCUT2D eigenvalue weighted by Gasteiger charge is 2.16. The molecule has 0 atom stereocenters. The van der Waals surface area contributed by atoms with E-state index in [0.29, 0.717) is 11.6 Å². The number of aromatic nitrogens is 1. The van der Waals surface area contributed by atoms with E-state index in [1.807, 2.05) is 27.7 Å². The van der Waals surface area contributed by atoms with E-state index < -0.39 is 0 Å². The van der Waals surface area contributed by atoms with Gasteiger partial charge in [0, 0.05) is 17.5 Å². The number of carbonyl (C=O) groups excluding carboxylic acids is 1. The molecule has 1 N–H and O–H groups in total. The topological polar surface area (TPSA) is 42.0 Å². The summed E-state index contributed by atoms with van der Waals surface area (Å²) < 4.78 is 0. The van der Waals surface area contributed by atoms with Gasteiger partial charge in [-0.3, -0.25) is 4.79 Å². The zero-order chi connectivity index (χ0) is 10.8. The van der Waals surface area contributed by atoms with Crippen molar-refractivity contribution in [2.24, 2.45) is 5.41 Å². The highest BCUT2D eigenvalue weighted by atomic mass is 32.1. The van der Waals surface area contributed by atoms with Crippen LogP contribution in [0.5, 0.6) is 0 Å². The van der Waals surface area contributed by atoms with E-state index in [-0.39, 0.29) is 11.3 Å². The Kier molecular flexibility index (Phi) is 3.26. The van der Waals surface area contributed by atoms with E-state index in [2.05, 4.69) is 10.3 Å². The van der Waals surface area contributed by atoms with Crippen LogP contribution < -0.4 is 5.32 Å². The number of aryl methyl sites for hydroxylation is 1. The van der Waals surface area contributed by atoms with Crippen molar-refractivity contribution in [2.75, 3.05) is 5.32 Å². The molecule has 0 aliphatic rings. The molecule has 0 aliphatic carbocycles. The quantitative estimate of drug-likeness (QED) is 0.819. The number of rotatable bonds is 2. The van der Waals surface area contributed by atoms with Crippen LogP contribution in [-0.2, 0) is 4.79 Å². The first-order valence-corrected chi connectivity index (χ1v) is 5.41. The molecule has 0 unspecified atom stereocenters. The Morgan fingerprint density at radius 2 is 2.21 bits per heavy atom. The van der Waals surface area contributed by atoms with Crippen molar-refractivity contribution in [3.8, 4) is 0 Å². The van der Waals surface area contributed by atoms with Crippen LogP contribution in [0.1, 0.15) is 32.1 Å². The first-order valence-electron chi connectivity index (χ1n) is 4.59. The Labute approximate surface area is 88.6 Å². The minimum Gasteiger partial charge on any atom is -0.302 e. The number of nitrogens with zero attached hydrogens (tertiary/aromatic N) is 1. The van der Waals surface area contributed by atoms with Gasteiger partial charge in [0.1, 0.15) is 0 Å². The minimum absolute atomic E-state index is 0.0242. The normalized spacial score (nSPS) is 11.4. The smallest absolute Gasteiger partial charge is 0.226 e. The number of hydrogen-bond donors (Lipinski definition) is 1. The van der Waals surface area contributed by atoms with Gasteiger partial charge in [0.05, 0.1) is 0 Å². The van der Waals surface area contributed by atoms with Gasteiger partial charge in [0.15, 0.2) is 5.13 Å². The Morgan fingerprint density at radius 1 is 1.57 bits per heavy atom. The zero-order valence-corrected chi connectivity index (χ0v) is 9.86. The fourth-order valence-electron chi connectivity index (χ4n) is 1.06. The molecule has 3 nitrogen and oxygen atoms in total. The highest BCUT2D eigenvalue weighted by Crippen LogP contribution is 2.21. The van der Waals surface area contributed by atoms with E-state index in [0.717, 1.165) is 4.88 Å². The van der Waals surface area contributed by atoms with Crippen LogP contribution in [0.3, 0.4) is 0 Å². The lowest BCUT2D eigenvalue weighted by atomic mass is 9.92. The van der Waals surface area contributed by atoms with Gasteiger partial charge in [0.25, 0.3) is 0 Å². The van der Waals surface area contributed by atoms with Crippen LogP contribution in [-0.4, -0.2) is 10.9 Å². The summed E-state index contributed by atoms with van der Waals surface area (Å²) in [5.41, 5.74) is 0.0242. The third-order valence-electron chi connectivity index (χ3n) is 1.56. The van der Waals surface area contributed by atoms with Crippen molar-refractivity contribution in [3.05, 3.63) is 11.1 Å². The summed E-state index contributed by atoms with van der Waals surface area (Å²) in [5, 5.41) is 3.48. The van der Waals surface area contributed by atoms with Crippen molar-refractivity contribution in [3.63, 3.8) is 0 Å². The number of anilines is 1. The van der Waals surface area contributed by atoms with Gasteiger partial charge in [-0.2, -0.15) is 0 Å². The zero-order valence-electron chi connectivity index (χ0n) is 9.05. The standard InChI is InChI=1S/C10H16N2OS/c1-7-6-11-9(14-7)12-8(13)5-10(2,3)4/h6H,5H2,1-4H3,(H,11,12,13). The van der Waals surface area contributed by atoms with Gasteiger partial charge >= 0.3 is 0 Å². The fraction of sp³-hybridized carbons (Fsp3) is 0.600.